The largest absolute Gasteiger partial charge is 0.356 e. The van der Waals surface area contributed by atoms with Gasteiger partial charge < -0.3 is 4.90 Å². The van der Waals surface area contributed by atoms with Crippen molar-refractivity contribution in [2.75, 3.05) is 24.5 Å². The van der Waals surface area contributed by atoms with Crippen molar-refractivity contribution < 1.29 is 4.79 Å². The number of aromatic nitrogens is 2. The van der Waals surface area contributed by atoms with Crippen molar-refractivity contribution in [3.05, 3.63) is 81.1 Å². The fourth-order valence-electron chi connectivity index (χ4n) is 4.66. The van der Waals surface area contributed by atoms with Gasteiger partial charge in [0, 0.05) is 25.8 Å². The third kappa shape index (κ3) is 4.40. The lowest BCUT2D eigenvalue weighted by Gasteiger charge is -2.33. The first-order valence-corrected chi connectivity index (χ1v) is 12.8. The molecule has 34 heavy (non-hydrogen) atoms. The van der Waals surface area contributed by atoms with Gasteiger partial charge >= 0.3 is 0 Å². The number of hydrogen-bond donors (Lipinski definition) is 0. The number of likely N-dealkylation sites (N-methyl/N-ethyl adjacent to an activating group) is 1. The zero-order chi connectivity index (χ0) is 23.7. The average Bonchev–Trinajstić information content (AvgIpc) is 3.13. The SMILES string of the molecule is CCN1C(=O)/C(=C/c2c(N3CCC(Cc4ccccc4)CC3)nc3ccccn3c2=O)SC1=S. The van der Waals surface area contributed by atoms with Gasteiger partial charge in [-0.1, -0.05) is 60.4 Å². The van der Waals surface area contributed by atoms with Crippen LogP contribution >= 0.6 is 24.0 Å². The van der Waals surface area contributed by atoms with Crippen molar-refractivity contribution >= 4 is 51.7 Å². The van der Waals surface area contributed by atoms with Crippen molar-refractivity contribution in [3.8, 4) is 0 Å². The Balaban J connectivity index is 1.48. The monoisotopic (exact) mass is 490 g/mol. The van der Waals surface area contributed by atoms with Gasteiger partial charge in [-0.05, 0) is 55.9 Å². The van der Waals surface area contributed by atoms with E-state index in [4.69, 9.17) is 17.2 Å². The summed E-state index contributed by atoms with van der Waals surface area (Å²) in [6, 6.07) is 16.1. The predicted molar refractivity (Wildman–Crippen MR) is 142 cm³/mol. The van der Waals surface area contributed by atoms with Gasteiger partial charge in [0.05, 0.1) is 10.5 Å². The van der Waals surface area contributed by atoms with Crippen LogP contribution in [0.2, 0.25) is 0 Å². The number of fused-ring (bicyclic) bond motifs is 1. The molecule has 174 valence electrons. The molecule has 3 aromatic rings. The number of piperidine rings is 1. The zero-order valence-electron chi connectivity index (χ0n) is 19.0. The second kappa shape index (κ2) is 9.72. The Morgan fingerprint density at radius 2 is 1.82 bits per heavy atom. The first kappa shape index (κ1) is 22.8. The molecule has 0 aliphatic carbocycles. The van der Waals surface area contributed by atoms with Gasteiger partial charge in [-0.25, -0.2) is 4.98 Å². The highest BCUT2D eigenvalue weighted by atomic mass is 32.2. The third-order valence-corrected chi connectivity index (χ3v) is 7.87. The fraction of sp³-hybridized carbons (Fsp3) is 0.308. The predicted octanol–water partition coefficient (Wildman–Crippen LogP) is 4.37. The van der Waals surface area contributed by atoms with Gasteiger partial charge in [-0.15, -0.1) is 0 Å². The summed E-state index contributed by atoms with van der Waals surface area (Å²) in [5.74, 6) is 1.10. The Morgan fingerprint density at radius 1 is 1.09 bits per heavy atom. The molecule has 6 nitrogen and oxygen atoms in total. The zero-order valence-corrected chi connectivity index (χ0v) is 20.6. The Labute approximate surface area is 208 Å². The smallest absolute Gasteiger partial charge is 0.267 e. The molecular formula is C26H26N4O2S2. The quantitative estimate of drug-likeness (QED) is 0.391. The van der Waals surface area contributed by atoms with E-state index in [1.54, 1.807) is 17.2 Å². The number of rotatable bonds is 5. The molecule has 0 N–H and O–H groups in total. The summed E-state index contributed by atoms with van der Waals surface area (Å²) in [5, 5.41) is 0. The first-order chi connectivity index (χ1) is 16.5. The Morgan fingerprint density at radius 3 is 2.53 bits per heavy atom. The van der Waals surface area contributed by atoms with Gasteiger partial charge in [0.1, 0.15) is 15.8 Å². The van der Waals surface area contributed by atoms with Crippen LogP contribution in [-0.2, 0) is 11.2 Å². The summed E-state index contributed by atoms with van der Waals surface area (Å²) < 4.78 is 2.06. The second-order valence-electron chi connectivity index (χ2n) is 8.63. The van der Waals surface area contributed by atoms with Crippen molar-refractivity contribution in [3.63, 3.8) is 0 Å². The number of thioether (sulfide) groups is 1. The van der Waals surface area contributed by atoms with E-state index in [1.807, 2.05) is 31.2 Å². The molecule has 2 aliphatic rings. The summed E-state index contributed by atoms with van der Waals surface area (Å²) in [6.07, 6.45) is 6.53. The molecule has 0 radical (unpaired) electrons. The molecule has 0 unspecified atom stereocenters. The van der Waals surface area contributed by atoms with Gasteiger partial charge in [-0.3, -0.25) is 18.9 Å². The van der Waals surface area contributed by atoms with Crippen LogP contribution in [-0.4, -0.2) is 44.1 Å². The summed E-state index contributed by atoms with van der Waals surface area (Å²) in [6.45, 7) is 4.05. The van der Waals surface area contributed by atoms with E-state index in [1.165, 1.54) is 21.7 Å². The number of anilines is 1. The number of carbonyl (C=O) groups is 1. The highest BCUT2D eigenvalue weighted by Gasteiger charge is 2.32. The topological polar surface area (TPSA) is 57.9 Å². The molecule has 1 amide bonds. The fourth-order valence-corrected chi connectivity index (χ4v) is 6.02. The van der Waals surface area contributed by atoms with Gasteiger partial charge in [0.25, 0.3) is 11.5 Å². The lowest BCUT2D eigenvalue weighted by Crippen LogP contribution is -2.37. The standard InChI is InChI=1S/C26H26N4O2S2/c1-2-29-25(32)21(34-26(29)33)17-20-23(27-22-10-6-7-13-30(22)24(20)31)28-14-11-19(12-15-28)16-18-8-4-3-5-9-18/h3-10,13,17,19H,2,11-12,14-16H2,1H3/b21-17-. The van der Waals surface area contributed by atoms with Crippen LogP contribution in [0.25, 0.3) is 11.7 Å². The van der Waals surface area contributed by atoms with Crippen molar-refractivity contribution in [1.82, 2.24) is 14.3 Å². The number of pyridine rings is 1. The molecular weight excluding hydrogens is 464 g/mol. The molecule has 4 heterocycles. The number of hydrogen-bond acceptors (Lipinski definition) is 6. The highest BCUT2D eigenvalue weighted by molar-refractivity contribution is 8.26. The van der Waals surface area contributed by atoms with E-state index in [9.17, 15) is 9.59 Å². The molecule has 0 saturated carbocycles. The van der Waals surface area contributed by atoms with Crippen LogP contribution in [0, 0.1) is 5.92 Å². The minimum atomic E-state index is -0.172. The maximum Gasteiger partial charge on any atom is 0.267 e. The molecule has 2 aliphatic heterocycles. The Bertz CT molecular complexity index is 1330. The Hall–Kier alpha value is -2.97. The van der Waals surface area contributed by atoms with Crippen LogP contribution in [0.4, 0.5) is 5.82 Å². The summed E-state index contributed by atoms with van der Waals surface area (Å²) in [5.41, 5.74) is 2.24. The maximum absolute atomic E-state index is 13.5. The van der Waals surface area contributed by atoms with E-state index in [0.717, 1.165) is 32.4 Å². The second-order valence-corrected chi connectivity index (χ2v) is 10.3. The van der Waals surface area contributed by atoms with Crippen LogP contribution in [0.3, 0.4) is 0 Å². The summed E-state index contributed by atoms with van der Waals surface area (Å²) in [7, 11) is 0. The average molecular weight is 491 g/mol. The van der Waals surface area contributed by atoms with Crippen molar-refractivity contribution in [1.29, 1.82) is 0 Å². The lowest BCUT2D eigenvalue weighted by atomic mass is 9.90. The molecule has 0 spiro atoms. The minimum Gasteiger partial charge on any atom is -0.356 e. The lowest BCUT2D eigenvalue weighted by molar-refractivity contribution is -0.121. The molecule has 0 bridgehead atoms. The summed E-state index contributed by atoms with van der Waals surface area (Å²) >= 11 is 6.61. The third-order valence-electron chi connectivity index (χ3n) is 6.50. The molecule has 2 aromatic heterocycles. The van der Waals surface area contributed by atoms with E-state index >= 15 is 0 Å². The van der Waals surface area contributed by atoms with Crippen molar-refractivity contribution in [2.45, 2.75) is 26.2 Å². The van der Waals surface area contributed by atoms with Crippen LogP contribution < -0.4 is 10.5 Å². The van der Waals surface area contributed by atoms with E-state index in [2.05, 4.69) is 29.2 Å². The maximum atomic E-state index is 13.5. The van der Waals surface area contributed by atoms with Crippen LogP contribution in [0.5, 0.6) is 0 Å². The van der Waals surface area contributed by atoms with Crippen molar-refractivity contribution in [2.24, 2.45) is 5.92 Å². The molecule has 0 atom stereocenters. The molecule has 1 aromatic carbocycles. The summed E-state index contributed by atoms with van der Waals surface area (Å²) in [4.78, 5) is 35.5. The number of carbonyl (C=O) groups excluding carboxylic acids is 1. The van der Waals surface area contributed by atoms with E-state index in [0.29, 0.717) is 38.7 Å². The number of benzene rings is 1. The van der Waals surface area contributed by atoms with Crippen LogP contribution in [0.15, 0.2) is 64.4 Å². The molecule has 5 rings (SSSR count). The van der Waals surface area contributed by atoms with Crippen LogP contribution in [0.1, 0.15) is 30.9 Å². The molecule has 2 saturated heterocycles. The minimum absolute atomic E-state index is 0.150. The Kier molecular flexibility index (Phi) is 6.52. The van der Waals surface area contributed by atoms with Gasteiger partial charge in [0.2, 0.25) is 0 Å². The number of nitrogens with zero attached hydrogens (tertiary/aromatic N) is 4. The number of amides is 1. The van der Waals surface area contributed by atoms with E-state index in [-0.39, 0.29) is 11.5 Å². The first-order valence-electron chi connectivity index (χ1n) is 11.6. The normalized spacial score (nSPS) is 18.4. The molecule has 2 fully saturated rings. The van der Waals surface area contributed by atoms with Gasteiger partial charge in [0.15, 0.2) is 0 Å². The number of thiocarbonyl (C=S) groups is 1. The highest BCUT2D eigenvalue weighted by Crippen LogP contribution is 2.34. The van der Waals surface area contributed by atoms with Gasteiger partial charge in [-0.2, -0.15) is 0 Å². The van der Waals surface area contributed by atoms with E-state index < -0.39 is 0 Å². The molecule has 8 heteroatoms.